The fraction of sp³-hybridized carbons (Fsp3) is 0.474. The number of hydrogen-bond acceptors (Lipinski definition) is 3. The Bertz CT molecular complexity index is 560. The highest BCUT2D eigenvalue weighted by molar-refractivity contribution is 5.76. The smallest absolute Gasteiger partial charge is 0.407 e. The molecule has 2 rings (SSSR count). The highest BCUT2D eigenvalue weighted by Gasteiger charge is 2.23. The number of nitrogens with one attached hydrogen (secondary N) is 1. The second-order valence-electron chi connectivity index (χ2n) is 6.17. The van der Waals surface area contributed by atoms with Gasteiger partial charge >= 0.3 is 6.09 Å². The van der Waals surface area contributed by atoms with Gasteiger partial charge in [0.05, 0.1) is 0 Å². The summed E-state index contributed by atoms with van der Waals surface area (Å²) in [6, 6.07) is 8.37. The number of amides is 2. The number of benzene rings is 1. The Morgan fingerprint density at radius 1 is 1.29 bits per heavy atom. The van der Waals surface area contributed by atoms with Crippen molar-refractivity contribution >= 4 is 12.0 Å². The maximum atomic E-state index is 12.3. The van der Waals surface area contributed by atoms with E-state index in [0.29, 0.717) is 19.5 Å². The van der Waals surface area contributed by atoms with Crippen LogP contribution in [0, 0.1) is 6.92 Å². The first-order valence-corrected chi connectivity index (χ1v) is 8.46. The quantitative estimate of drug-likeness (QED) is 0.816. The van der Waals surface area contributed by atoms with E-state index in [-0.39, 0.29) is 18.6 Å². The minimum Gasteiger partial charge on any atom is -0.445 e. The molecule has 5 heteroatoms. The third-order valence-corrected chi connectivity index (χ3v) is 4.25. The fourth-order valence-electron chi connectivity index (χ4n) is 2.78. The number of rotatable bonds is 6. The molecule has 0 aromatic heterocycles. The zero-order valence-electron chi connectivity index (χ0n) is 14.3. The largest absolute Gasteiger partial charge is 0.445 e. The summed E-state index contributed by atoms with van der Waals surface area (Å²) >= 11 is 0. The van der Waals surface area contributed by atoms with Crippen LogP contribution >= 0.6 is 0 Å². The second-order valence-corrected chi connectivity index (χ2v) is 6.17. The van der Waals surface area contributed by atoms with E-state index in [1.165, 1.54) is 17.2 Å². The van der Waals surface area contributed by atoms with Crippen LogP contribution in [0.4, 0.5) is 4.79 Å². The molecule has 2 amide bonds. The summed E-state index contributed by atoms with van der Waals surface area (Å²) in [6.07, 6.45) is 3.95. The van der Waals surface area contributed by atoms with Crippen molar-refractivity contribution < 1.29 is 14.3 Å². The van der Waals surface area contributed by atoms with Gasteiger partial charge in [0.2, 0.25) is 5.91 Å². The van der Waals surface area contributed by atoms with Gasteiger partial charge in [0, 0.05) is 25.6 Å². The molecular weight excluding hydrogens is 304 g/mol. The number of likely N-dealkylation sites (tertiary alicyclic amines) is 1. The van der Waals surface area contributed by atoms with Gasteiger partial charge < -0.3 is 15.0 Å². The Labute approximate surface area is 143 Å². The topological polar surface area (TPSA) is 58.6 Å². The lowest BCUT2D eigenvalue weighted by atomic mass is 10.0. The van der Waals surface area contributed by atoms with Crippen molar-refractivity contribution in [1.29, 1.82) is 0 Å². The molecule has 0 bridgehead atoms. The Balaban J connectivity index is 1.69. The number of aryl methyl sites for hydroxylation is 2. The normalized spacial score (nSPS) is 15.0. The molecule has 0 aliphatic carbocycles. The maximum absolute atomic E-state index is 12.3. The Hall–Kier alpha value is -2.30. The highest BCUT2D eigenvalue weighted by atomic mass is 16.5. The molecule has 0 unspecified atom stereocenters. The Kier molecular flexibility index (Phi) is 6.85. The SMILES string of the molecule is C=CCOC(=O)NC1CCN(C(=O)CCc2ccc(C)cc2)CC1. The van der Waals surface area contributed by atoms with Crippen LogP contribution < -0.4 is 5.32 Å². The standard InChI is InChI=1S/C19H26N2O3/c1-3-14-24-19(23)20-17-10-12-21(13-11-17)18(22)9-8-16-6-4-15(2)5-7-16/h3-7,17H,1,8-14H2,2H3,(H,20,23). The second kappa shape index (κ2) is 9.11. The Morgan fingerprint density at radius 2 is 1.96 bits per heavy atom. The van der Waals surface area contributed by atoms with Crippen LogP contribution in [0.3, 0.4) is 0 Å². The molecule has 24 heavy (non-hydrogen) atoms. The summed E-state index contributed by atoms with van der Waals surface area (Å²) in [5, 5.41) is 2.83. The minimum atomic E-state index is -0.418. The number of hydrogen-bond donors (Lipinski definition) is 1. The summed E-state index contributed by atoms with van der Waals surface area (Å²) < 4.78 is 4.92. The molecule has 1 saturated heterocycles. The van der Waals surface area contributed by atoms with E-state index in [1.807, 2.05) is 4.90 Å². The number of carbonyl (C=O) groups excluding carboxylic acids is 2. The summed E-state index contributed by atoms with van der Waals surface area (Å²) in [6.45, 7) is 7.13. The molecule has 1 aromatic carbocycles. The molecule has 5 nitrogen and oxygen atoms in total. The van der Waals surface area contributed by atoms with Gasteiger partial charge in [-0.05, 0) is 31.7 Å². The van der Waals surface area contributed by atoms with Crippen LogP contribution in [0.2, 0.25) is 0 Å². The predicted molar refractivity (Wildman–Crippen MR) is 93.8 cm³/mol. The molecule has 0 saturated carbocycles. The third-order valence-electron chi connectivity index (χ3n) is 4.25. The minimum absolute atomic E-state index is 0.0727. The van der Waals surface area contributed by atoms with Crippen molar-refractivity contribution in [2.45, 2.75) is 38.6 Å². The summed E-state index contributed by atoms with van der Waals surface area (Å²) in [5.41, 5.74) is 2.42. The van der Waals surface area contributed by atoms with Crippen molar-refractivity contribution in [1.82, 2.24) is 10.2 Å². The molecule has 130 valence electrons. The van der Waals surface area contributed by atoms with Crippen molar-refractivity contribution in [2.24, 2.45) is 0 Å². The first-order valence-electron chi connectivity index (χ1n) is 8.46. The molecule has 1 aromatic rings. The lowest BCUT2D eigenvalue weighted by Crippen LogP contribution is -2.46. The molecule has 1 heterocycles. The van der Waals surface area contributed by atoms with Gasteiger partial charge in [-0.3, -0.25) is 4.79 Å². The molecule has 0 spiro atoms. The Morgan fingerprint density at radius 3 is 2.58 bits per heavy atom. The lowest BCUT2D eigenvalue weighted by molar-refractivity contribution is -0.132. The highest BCUT2D eigenvalue weighted by Crippen LogP contribution is 2.13. The monoisotopic (exact) mass is 330 g/mol. The van der Waals surface area contributed by atoms with Crippen LogP contribution in [-0.2, 0) is 16.0 Å². The van der Waals surface area contributed by atoms with E-state index in [4.69, 9.17) is 4.74 Å². The third kappa shape index (κ3) is 5.72. The van der Waals surface area contributed by atoms with Crippen LogP contribution in [0.15, 0.2) is 36.9 Å². The zero-order valence-corrected chi connectivity index (χ0v) is 14.3. The number of ether oxygens (including phenoxy) is 1. The van der Waals surface area contributed by atoms with E-state index < -0.39 is 6.09 Å². The molecule has 0 radical (unpaired) electrons. The van der Waals surface area contributed by atoms with E-state index in [2.05, 4.69) is 43.1 Å². The predicted octanol–water partition coefficient (Wildman–Crippen LogP) is 2.83. The van der Waals surface area contributed by atoms with Gasteiger partial charge in [0.15, 0.2) is 0 Å². The van der Waals surface area contributed by atoms with Gasteiger partial charge in [-0.25, -0.2) is 4.79 Å². The maximum Gasteiger partial charge on any atom is 0.407 e. The van der Waals surface area contributed by atoms with Crippen LogP contribution in [0.1, 0.15) is 30.4 Å². The van der Waals surface area contributed by atoms with Crippen molar-refractivity contribution in [3.8, 4) is 0 Å². The van der Waals surface area contributed by atoms with Crippen molar-refractivity contribution in [3.05, 3.63) is 48.0 Å². The average Bonchev–Trinajstić information content (AvgIpc) is 2.60. The van der Waals surface area contributed by atoms with Crippen molar-refractivity contribution in [2.75, 3.05) is 19.7 Å². The van der Waals surface area contributed by atoms with Crippen molar-refractivity contribution in [3.63, 3.8) is 0 Å². The lowest BCUT2D eigenvalue weighted by Gasteiger charge is -2.32. The van der Waals surface area contributed by atoms with E-state index in [1.54, 1.807) is 0 Å². The molecule has 1 aliphatic heterocycles. The first-order chi connectivity index (χ1) is 11.6. The van der Waals surface area contributed by atoms with Crippen LogP contribution in [-0.4, -0.2) is 42.6 Å². The molecular formula is C19H26N2O3. The summed E-state index contributed by atoms with van der Waals surface area (Å²) in [4.78, 5) is 25.7. The number of carbonyl (C=O) groups is 2. The summed E-state index contributed by atoms with van der Waals surface area (Å²) in [7, 11) is 0. The van der Waals surface area contributed by atoms with E-state index in [0.717, 1.165) is 19.3 Å². The summed E-state index contributed by atoms with van der Waals surface area (Å²) in [5.74, 6) is 0.184. The number of piperidine rings is 1. The molecule has 1 fully saturated rings. The van der Waals surface area contributed by atoms with E-state index >= 15 is 0 Å². The number of nitrogens with zero attached hydrogens (tertiary/aromatic N) is 1. The van der Waals surface area contributed by atoms with Gasteiger partial charge in [-0.2, -0.15) is 0 Å². The average molecular weight is 330 g/mol. The molecule has 1 N–H and O–H groups in total. The molecule has 1 aliphatic rings. The van der Waals surface area contributed by atoms with Crippen LogP contribution in [0.5, 0.6) is 0 Å². The van der Waals surface area contributed by atoms with Gasteiger partial charge in [0.1, 0.15) is 6.61 Å². The van der Waals surface area contributed by atoms with E-state index in [9.17, 15) is 9.59 Å². The first kappa shape index (κ1) is 18.0. The zero-order chi connectivity index (χ0) is 17.4. The van der Waals surface area contributed by atoms with Gasteiger partial charge in [0.25, 0.3) is 0 Å². The molecule has 0 atom stereocenters. The van der Waals surface area contributed by atoms with Gasteiger partial charge in [-0.1, -0.05) is 42.5 Å². The van der Waals surface area contributed by atoms with Gasteiger partial charge in [-0.15, -0.1) is 0 Å². The van der Waals surface area contributed by atoms with Crippen LogP contribution in [0.25, 0.3) is 0 Å². The fourth-order valence-corrected chi connectivity index (χ4v) is 2.78. The number of alkyl carbamates (subject to hydrolysis) is 1.